The van der Waals surface area contributed by atoms with Crippen molar-refractivity contribution < 1.29 is 41.7 Å². The first-order chi connectivity index (χ1) is 40.9. The number of unbranched alkanes of at least 4 members (excludes halogenated alkanes) is 1. The molecule has 0 spiro atoms. The molecule has 2 amide bonds. The second-order valence-electron chi connectivity index (χ2n) is 20.7. The molecule has 1 aromatic heterocycles. The lowest BCUT2D eigenvalue weighted by Gasteiger charge is -2.33. The average molecular weight is 1230 g/mol. The van der Waals surface area contributed by atoms with Gasteiger partial charge in [-0.15, -0.1) is 6.58 Å². The first kappa shape index (κ1) is 67.8. The Kier molecular flexibility index (Phi) is 27.7. The standard InChI is InChI=1S/C62H73Cl2F3N8O6S.C3H8/c1-5-50-54(6-2)74(57(77)23-14-42(3)4)41-45-11-7-8-12-51(45)61(59(50)68)75(69)31-34-79-36-38-80-37-35-78-33-28-70-56(76)13-9-10-32-81-55-40-46(58(43-15-19-47(63)20-16-43)44-17-21-48(64)22-18-44)39-52-53(24-27-71-60(52)55)72-49-25-29-73(30-26-49)82-62(65,66)67;1-3-2/h5-8,11-12,15-22,24,27,39-40,49,58H,1-3,9-10,13-14,23,25-26,28-38,41,68-69H2,4H3,(H,70,76)(H,71,72);3H2,1-2H3/b54-50-,61-59-;. The molecular formula is C65H81Cl2F3N8O6S. The third kappa shape index (κ3) is 20.9. The van der Waals surface area contributed by atoms with Crippen molar-refractivity contribution >= 4 is 69.3 Å². The van der Waals surface area contributed by atoms with E-state index in [1.165, 1.54) is 10.7 Å². The van der Waals surface area contributed by atoms with Crippen LogP contribution in [0.3, 0.4) is 0 Å². The van der Waals surface area contributed by atoms with Crippen molar-refractivity contribution in [2.75, 3.05) is 77.7 Å². The summed E-state index contributed by atoms with van der Waals surface area (Å²) in [4.78, 5) is 32.8. The molecule has 0 radical (unpaired) electrons. The molecule has 0 bridgehead atoms. The van der Waals surface area contributed by atoms with Crippen molar-refractivity contribution in [2.45, 2.75) is 96.2 Å². The number of piperidine rings is 1. The lowest BCUT2D eigenvalue weighted by molar-refractivity contribution is -0.129. The molecule has 20 heteroatoms. The van der Waals surface area contributed by atoms with Crippen molar-refractivity contribution in [2.24, 2.45) is 11.6 Å². The molecule has 7 rings (SSSR count). The van der Waals surface area contributed by atoms with Gasteiger partial charge in [0.05, 0.1) is 76.4 Å². The quantitative estimate of drug-likeness (QED) is 0.00856. The summed E-state index contributed by atoms with van der Waals surface area (Å²) in [5.74, 6) is 6.83. The molecule has 4 aromatic carbocycles. The molecule has 5 aromatic rings. The van der Waals surface area contributed by atoms with E-state index in [0.717, 1.165) is 44.5 Å². The molecule has 0 saturated carbocycles. The number of nitrogens with zero attached hydrogens (tertiary/aromatic N) is 4. The van der Waals surface area contributed by atoms with Crippen molar-refractivity contribution in [3.8, 4) is 5.75 Å². The maximum absolute atomic E-state index is 13.5. The van der Waals surface area contributed by atoms with Gasteiger partial charge >= 0.3 is 5.51 Å². The van der Waals surface area contributed by atoms with Crippen LogP contribution in [0.15, 0.2) is 152 Å². The number of alkyl halides is 3. The van der Waals surface area contributed by atoms with Gasteiger partial charge in [-0.05, 0) is 110 Å². The Morgan fingerprint density at radius 1 is 0.835 bits per heavy atom. The molecule has 85 heavy (non-hydrogen) atoms. The highest BCUT2D eigenvalue weighted by atomic mass is 35.5. The highest BCUT2D eigenvalue weighted by molar-refractivity contribution is 7.97. The van der Waals surface area contributed by atoms with E-state index in [4.69, 9.17) is 58.7 Å². The van der Waals surface area contributed by atoms with Gasteiger partial charge in [0.2, 0.25) is 11.8 Å². The number of halogens is 5. The summed E-state index contributed by atoms with van der Waals surface area (Å²) in [5.41, 5.74) is 11.5. The minimum Gasteiger partial charge on any atom is -0.491 e. The molecule has 0 unspecified atom stereocenters. The maximum Gasteiger partial charge on any atom is 0.456 e. The molecule has 3 heterocycles. The number of hydrazine groups is 1. The second kappa shape index (κ2) is 34.7. The van der Waals surface area contributed by atoms with Crippen LogP contribution in [0.25, 0.3) is 16.6 Å². The molecular weight excluding hydrogens is 1150 g/mol. The van der Waals surface area contributed by atoms with Crippen molar-refractivity contribution in [1.82, 2.24) is 24.5 Å². The molecule has 1 saturated heterocycles. The lowest BCUT2D eigenvalue weighted by Crippen LogP contribution is -2.38. The van der Waals surface area contributed by atoms with Gasteiger partial charge in [-0.2, -0.15) is 13.2 Å². The van der Waals surface area contributed by atoms with Crippen LogP contribution < -0.4 is 26.9 Å². The summed E-state index contributed by atoms with van der Waals surface area (Å²) in [6.07, 6.45) is 9.60. The fourth-order valence-electron chi connectivity index (χ4n) is 9.85. The third-order valence-electron chi connectivity index (χ3n) is 13.9. The van der Waals surface area contributed by atoms with Crippen LogP contribution in [0.2, 0.25) is 10.0 Å². The number of carbonyl (C=O) groups is 2. The SMILES string of the molecule is C=CC1=C(\C=C)N(C(=O)CCC(=C)C)Cc2ccccc2/C(N(N)CCOCCOCCOCCNC(=O)CCCCOc2cc(C(c3ccc(Cl)cc3)c3ccc(Cl)cc3)cc3c(NC4CCN(SC(F)(F)F)CC4)ccnc23)=C\1N.CCC. The van der Waals surface area contributed by atoms with E-state index in [1.807, 2.05) is 91.9 Å². The molecule has 2 aliphatic rings. The topological polar surface area (TPSA) is 170 Å². The van der Waals surface area contributed by atoms with E-state index in [0.29, 0.717) is 161 Å². The molecule has 1 fully saturated rings. The van der Waals surface area contributed by atoms with Crippen LogP contribution in [-0.2, 0) is 30.3 Å². The predicted octanol–water partition coefficient (Wildman–Crippen LogP) is 13.7. The molecule has 458 valence electrons. The van der Waals surface area contributed by atoms with Crippen LogP contribution in [0.4, 0.5) is 18.9 Å². The maximum atomic E-state index is 13.5. The van der Waals surface area contributed by atoms with E-state index >= 15 is 0 Å². The number of amides is 2. The first-order valence-corrected chi connectivity index (χ1v) is 30.4. The van der Waals surface area contributed by atoms with Gasteiger partial charge in [0, 0.05) is 94.8 Å². The number of allylic oxidation sites excluding steroid dienone is 3. The van der Waals surface area contributed by atoms with E-state index in [1.54, 1.807) is 28.3 Å². The smallest absolute Gasteiger partial charge is 0.456 e. The van der Waals surface area contributed by atoms with E-state index in [2.05, 4.69) is 50.3 Å². The number of pyridine rings is 1. The number of rotatable bonds is 30. The number of benzene rings is 4. The van der Waals surface area contributed by atoms with Crippen LogP contribution in [0.5, 0.6) is 5.75 Å². The Labute approximate surface area is 513 Å². The largest absolute Gasteiger partial charge is 0.491 e. The summed E-state index contributed by atoms with van der Waals surface area (Å²) >= 11 is 12.6. The summed E-state index contributed by atoms with van der Waals surface area (Å²) in [6, 6.07) is 29.0. The predicted molar refractivity (Wildman–Crippen MR) is 339 cm³/mol. The van der Waals surface area contributed by atoms with Crippen molar-refractivity contribution in [3.05, 3.63) is 189 Å². The number of nitrogens with two attached hydrogens (primary N) is 2. The normalized spacial score (nSPS) is 15.8. The number of nitrogens with one attached hydrogen (secondary N) is 2. The minimum atomic E-state index is -4.33. The van der Waals surface area contributed by atoms with Crippen molar-refractivity contribution in [3.63, 3.8) is 0 Å². The fourth-order valence-corrected chi connectivity index (χ4v) is 10.8. The Balaban J connectivity index is 0.00000377. The minimum absolute atomic E-state index is 0.0513. The van der Waals surface area contributed by atoms with E-state index < -0.39 is 5.51 Å². The van der Waals surface area contributed by atoms with E-state index in [9.17, 15) is 22.8 Å². The van der Waals surface area contributed by atoms with Crippen LogP contribution in [0.1, 0.15) is 106 Å². The number of hydrogen-bond acceptors (Lipinski definition) is 13. The number of hydrogen-bond donors (Lipinski definition) is 4. The Morgan fingerprint density at radius 3 is 2.07 bits per heavy atom. The molecule has 0 atom stereocenters. The number of aromatic nitrogens is 1. The molecule has 6 N–H and O–H groups in total. The number of fused-ring (bicyclic) bond motifs is 2. The summed E-state index contributed by atoms with van der Waals surface area (Å²) < 4.78 is 64.6. The average Bonchev–Trinajstić information content (AvgIpc) is 1.21. The number of carbonyl (C=O) groups excluding carboxylic acids is 2. The van der Waals surface area contributed by atoms with Crippen LogP contribution in [-0.4, -0.2) is 115 Å². The Bertz CT molecular complexity index is 3020. The van der Waals surface area contributed by atoms with Gasteiger partial charge in [0.15, 0.2) is 0 Å². The summed E-state index contributed by atoms with van der Waals surface area (Å²) in [7, 11) is 0. The molecule has 2 aliphatic heterocycles. The van der Waals surface area contributed by atoms with Gasteiger partial charge in [-0.25, -0.2) is 10.1 Å². The highest BCUT2D eigenvalue weighted by Crippen LogP contribution is 2.41. The van der Waals surface area contributed by atoms with Gasteiger partial charge in [0.1, 0.15) is 11.3 Å². The first-order valence-electron chi connectivity index (χ1n) is 28.8. The summed E-state index contributed by atoms with van der Waals surface area (Å²) in [6.45, 7) is 21.9. The zero-order valence-electron chi connectivity index (χ0n) is 49.0. The lowest BCUT2D eigenvalue weighted by atomic mass is 9.84. The number of anilines is 1. The monoisotopic (exact) mass is 1230 g/mol. The van der Waals surface area contributed by atoms with Crippen molar-refractivity contribution in [1.29, 1.82) is 0 Å². The third-order valence-corrected chi connectivity index (χ3v) is 15.3. The van der Waals surface area contributed by atoms with Crippen LogP contribution >= 0.6 is 35.1 Å². The fraction of sp³-hybridized carbons (Fsp3) is 0.400. The van der Waals surface area contributed by atoms with E-state index in [-0.39, 0.29) is 42.3 Å². The highest BCUT2D eigenvalue weighted by Gasteiger charge is 2.35. The summed E-state index contributed by atoms with van der Waals surface area (Å²) in [5, 5.41) is 10.1. The second-order valence-corrected chi connectivity index (χ2v) is 22.7. The molecule has 0 aliphatic carbocycles. The Hall–Kier alpha value is -6.35. The zero-order chi connectivity index (χ0) is 61.3. The number of ether oxygens (including phenoxy) is 4. The van der Waals surface area contributed by atoms with Gasteiger partial charge in [-0.1, -0.05) is 117 Å². The van der Waals surface area contributed by atoms with Gasteiger partial charge < -0.3 is 45.2 Å². The Morgan fingerprint density at radius 2 is 1.46 bits per heavy atom. The van der Waals surface area contributed by atoms with Gasteiger partial charge in [-0.3, -0.25) is 14.6 Å². The molecule has 14 nitrogen and oxygen atoms in total. The van der Waals surface area contributed by atoms with Gasteiger partial charge in [0.25, 0.3) is 0 Å². The van der Waals surface area contributed by atoms with Crippen LogP contribution in [0, 0.1) is 0 Å². The zero-order valence-corrected chi connectivity index (χ0v) is 51.3.